The maximum atomic E-state index is 12.2. The highest BCUT2D eigenvalue weighted by Crippen LogP contribution is 2.19. The summed E-state index contributed by atoms with van der Waals surface area (Å²) in [6.45, 7) is -0.355. The number of carbonyl (C=O) groups is 2. The lowest BCUT2D eigenvalue weighted by Gasteiger charge is -2.14. The first kappa shape index (κ1) is 20.5. The summed E-state index contributed by atoms with van der Waals surface area (Å²) in [7, 11) is 1.57. The molecule has 2 aromatic rings. The quantitative estimate of drug-likeness (QED) is 0.662. The summed E-state index contributed by atoms with van der Waals surface area (Å²) in [4.78, 5) is 35.4. The number of rotatable bonds is 9. The minimum Gasteiger partial charge on any atom is -0.497 e. The normalized spacial score (nSPS) is 11.6. The molecule has 1 aromatic heterocycles. The molecule has 0 saturated carbocycles. The molecule has 27 heavy (non-hydrogen) atoms. The summed E-state index contributed by atoms with van der Waals surface area (Å²) in [5.74, 6) is -0.395. The SMILES string of the molecule is COc1ccc(-c2ccc(=O)n(CC(=O)NC(CCSC)C(=O)O)n2)cc1. The number of amides is 1. The van der Waals surface area contributed by atoms with Crippen LogP contribution < -0.4 is 15.6 Å². The molecule has 1 aromatic carbocycles. The van der Waals surface area contributed by atoms with E-state index in [1.807, 2.05) is 6.26 Å². The van der Waals surface area contributed by atoms with E-state index in [2.05, 4.69) is 10.4 Å². The molecule has 0 aliphatic rings. The number of benzene rings is 1. The van der Waals surface area contributed by atoms with Gasteiger partial charge in [0.15, 0.2) is 0 Å². The summed E-state index contributed by atoms with van der Waals surface area (Å²) in [6, 6.07) is 9.01. The number of ether oxygens (including phenoxy) is 1. The number of carboxylic acid groups (broad SMARTS) is 1. The van der Waals surface area contributed by atoms with Crippen molar-refractivity contribution in [3.8, 4) is 17.0 Å². The smallest absolute Gasteiger partial charge is 0.326 e. The highest BCUT2D eigenvalue weighted by Gasteiger charge is 2.20. The minimum absolute atomic E-state index is 0.302. The van der Waals surface area contributed by atoms with Crippen LogP contribution in [0.15, 0.2) is 41.2 Å². The van der Waals surface area contributed by atoms with Gasteiger partial charge in [-0.1, -0.05) is 0 Å². The van der Waals surface area contributed by atoms with Crippen LogP contribution in [0.25, 0.3) is 11.3 Å². The van der Waals surface area contributed by atoms with Crippen LogP contribution in [-0.4, -0.2) is 51.9 Å². The van der Waals surface area contributed by atoms with Crippen molar-refractivity contribution in [3.63, 3.8) is 0 Å². The Morgan fingerprint density at radius 1 is 1.26 bits per heavy atom. The van der Waals surface area contributed by atoms with Crippen molar-refractivity contribution < 1.29 is 19.4 Å². The summed E-state index contributed by atoms with van der Waals surface area (Å²) in [6.07, 6.45) is 2.16. The third-order valence-corrected chi connectivity index (χ3v) is 4.43. The van der Waals surface area contributed by atoms with Crippen LogP contribution in [0.2, 0.25) is 0 Å². The maximum absolute atomic E-state index is 12.2. The zero-order chi connectivity index (χ0) is 19.8. The van der Waals surface area contributed by atoms with Gasteiger partial charge in [-0.25, -0.2) is 9.48 Å². The molecule has 0 radical (unpaired) electrons. The monoisotopic (exact) mass is 391 g/mol. The van der Waals surface area contributed by atoms with Crippen LogP contribution in [-0.2, 0) is 16.1 Å². The van der Waals surface area contributed by atoms with Crippen LogP contribution in [0.1, 0.15) is 6.42 Å². The summed E-state index contributed by atoms with van der Waals surface area (Å²) in [5.41, 5.74) is 0.828. The van der Waals surface area contributed by atoms with Gasteiger partial charge in [-0.2, -0.15) is 16.9 Å². The lowest BCUT2D eigenvalue weighted by atomic mass is 10.1. The van der Waals surface area contributed by atoms with E-state index >= 15 is 0 Å². The number of thioether (sulfide) groups is 1. The van der Waals surface area contributed by atoms with Gasteiger partial charge >= 0.3 is 5.97 Å². The molecule has 2 N–H and O–H groups in total. The van der Waals surface area contributed by atoms with Gasteiger partial charge in [0, 0.05) is 11.6 Å². The van der Waals surface area contributed by atoms with Gasteiger partial charge in [0.2, 0.25) is 5.91 Å². The van der Waals surface area contributed by atoms with Crippen molar-refractivity contribution in [3.05, 3.63) is 46.8 Å². The molecule has 0 spiro atoms. The Hall–Kier alpha value is -2.81. The van der Waals surface area contributed by atoms with Crippen molar-refractivity contribution in [2.24, 2.45) is 0 Å². The molecule has 9 heteroatoms. The van der Waals surface area contributed by atoms with Crippen molar-refractivity contribution in [1.82, 2.24) is 15.1 Å². The predicted molar refractivity (Wildman–Crippen MR) is 103 cm³/mol. The lowest BCUT2D eigenvalue weighted by molar-refractivity contribution is -0.142. The molecule has 1 unspecified atom stereocenters. The average Bonchev–Trinajstić information content (AvgIpc) is 2.66. The molecule has 1 atom stereocenters. The van der Waals surface area contributed by atoms with Crippen LogP contribution >= 0.6 is 11.8 Å². The molecule has 1 amide bonds. The van der Waals surface area contributed by atoms with Gasteiger partial charge in [-0.05, 0) is 48.8 Å². The van der Waals surface area contributed by atoms with Gasteiger partial charge in [-0.3, -0.25) is 9.59 Å². The summed E-state index contributed by atoms with van der Waals surface area (Å²) >= 11 is 1.49. The number of aromatic nitrogens is 2. The van der Waals surface area contributed by atoms with E-state index in [-0.39, 0.29) is 6.54 Å². The number of carbonyl (C=O) groups excluding carboxylic acids is 1. The van der Waals surface area contributed by atoms with E-state index in [0.29, 0.717) is 23.6 Å². The first-order valence-corrected chi connectivity index (χ1v) is 9.57. The van der Waals surface area contributed by atoms with Crippen molar-refractivity contribution in [1.29, 1.82) is 0 Å². The molecule has 0 bridgehead atoms. The number of methoxy groups -OCH3 is 1. The molecule has 2 rings (SSSR count). The number of nitrogens with one attached hydrogen (secondary N) is 1. The molecular formula is C18H21N3O5S. The second kappa shape index (κ2) is 9.77. The second-order valence-corrected chi connectivity index (χ2v) is 6.67. The Labute approximate surface area is 160 Å². The topological polar surface area (TPSA) is 111 Å². The number of aliphatic carboxylic acids is 1. The fourth-order valence-electron chi connectivity index (χ4n) is 2.35. The molecule has 8 nitrogen and oxygen atoms in total. The molecule has 0 fully saturated rings. The molecule has 0 aliphatic carbocycles. The third-order valence-electron chi connectivity index (χ3n) is 3.79. The molecule has 0 saturated heterocycles. The third kappa shape index (κ3) is 5.85. The van der Waals surface area contributed by atoms with Crippen LogP contribution in [0, 0.1) is 0 Å². The van der Waals surface area contributed by atoms with E-state index < -0.39 is 23.5 Å². The fraction of sp³-hybridized carbons (Fsp3) is 0.333. The van der Waals surface area contributed by atoms with Crippen LogP contribution in [0.3, 0.4) is 0 Å². The van der Waals surface area contributed by atoms with E-state index in [1.165, 1.54) is 17.8 Å². The molecule has 1 heterocycles. The fourth-order valence-corrected chi connectivity index (χ4v) is 2.82. The molecular weight excluding hydrogens is 370 g/mol. The number of hydrogen-bond donors (Lipinski definition) is 2. The minimum atomic E-state index is -1.11. The van der Waals surface area contributed by atoms with Gasteiger partial charge in [0.05, 0.1) is 12.8 Å². The van der Waals surface area contributed by atoms with Crippen molar-refractivity contribution in [2.45, 2.75) is 19.0 Å². The zero-order valence-electron chi connectivity index (χ0n) is 15.0. The Kier molecular flexibility index (Phi) is 7.42. The van der Waals surface area contributed by atoms with Gasteiger partial charge in [0.1, 0.15) is 18.3 Å². The predicted octanol–water partition coefficient (Wildman–Crippen LogP) is 1.24. The first-order valence-electron chi connectivity index (χ1n) is 8.18. The van der Waals surface area contributed by atoms with E-state index in [9.17, 15) is 19.5 Å². The van der Waals surface area contributed by atoms with Gasteiger partial charge < -0.3 is 15.2 Å². The van der Waals surface area contributed by atoms with Crippen LogP contribution in [0.5, 0.6) is 5.75 Å². The molecule has 144 valence electrons. The Bertz CT molecular complexity index is 851. The lowest BCUT2D eigenvalue weighted by Crippen LogP contribution is -2.44. The summed E-state index contributed by atoms with van der Waals surface area (Å²) in [5, 5.41) is 15.8. The maximum Gasteiger partial charge on any atom is 0.326 e. The Morgan fingerprint density at radius 2 is 1.96 bits per heavy atom. The second-order valence-electron chi connectivity index (χ2n) is 5.68. The van der Waals surface area contributed by atoms with E-state index in [0.717, 1.165) is 10.2 Å². The average molecular weight is 391 g/mol. The highest BCUT2D eigenvalue weighted by molar-refractivity contribution is 7.98. The number of nitrogens with zero attached hydrogens (tertiary/aromatic N) is 2. The van der Waals surface area contributed by atoms with Gasteiger partial charge in [0.25, 0.3) is 5.56 Å². The van der Waals surface area contributed by atoms with Gasteiger partial charge in [-0.15, -0.1) is 0 Å². The van der Waals surface area contributed by atoms with Crippen LogP contribution in [0.4, 0.5) is 0 Å². The zero-order valence-corrected chi connectivity index (χ0v) is 15.9. The standard InChI is InChI=1S/C18H21N3O5S/c1-26-13-5-3-12(4-6-13)14-7-8-17(23)21(20-14)11-16(22)19-15(18(24)25)9-10-27-2/h3-8,15H,9-11H2,1-2H3,(H,19,22)(H,24,25). The van der Waals surface area contributed by atoms with Crippen molar-refractivity contribution >= 4 is 23.6 Å². The first-order chi connectivity index (χ1) is 12.9. The number of hydrogen-bond acceptors (Lipinski definition) is 6. The Balaban J connectivity index is 2.14. The highest BCUT2D eigenvalue weighted by atomic mass is 32.2. The van der Waals surface area contributed by atoms with Crippen molar-refractivity contribution in [2.75, 3.05) is 19.1 Å². The number of carboxylic acids is 1. The largest absolute Gasteiger partial charge is 0.497 e. The Morgan fingerprint density at radius 3 is 2.56 bits per heavy atom. The molecule has 0 aliphatic heterocycles. The summed E-state index contributed by atoms with van der Waals surface area (Å²) < 4.78 is 6.12. The van der Waals surface area contributed by atoms with E-state index in [4.69, 9.17) is 4.74 Å². The van der Waals surface area contributed by atoms with E-state index in [1.54, 1.807) is 37.4 Å².